The molecule has 4 heteroatoms. The van der Waals surface area contributed by atoms with Crippen molar-refractivity contribution in [2.24, 2.45) is 5.73 Å². The van der Waals surface area contributed by atoms with Gasteiger partial charge < -0.3 is 10.6 Å². The summed E-state index contributed by atoms with van der Waals surface area (Å²) in [6, 6.07) is 12.3. The molecule has 0 heterocycles. The predicted molar refractivity (Wildman–Crippen MR) is 87.9 cm³/mol. The Morgan fingerprint density at radius 2 is 1.95 bits per heavy atom. The van der Waals surface area contributed by atoms with E-state index in [0.29, 0.717) is 5.02 Å². The zero-order valence-corrected chi connectivity index (χ0v) is 13.1. The quantitative estimate of drug-likeness (QED) is 0.879. The third-order valence-electron chi connectivity index (χ3n) is 3.61. The van der Waals surface area contributed by atoms with E-state index in [1.54, 1.807) is 6.07 Å². The molecule has 1 atom stereocenters. The molecule has 2 aromatic rings. The van der Waals surface area contributed by atoms with Crippen LogP contribution in [0.1, 0.15) is 18.9 Å². The minimum Gasteiger partial charge on any atom is -0.343 e. The van der Waals surface area contributed by atoms with E-state index in [4.69, 9.17) is 17.3 Å². The van der Waals surface area contributed by atoms with E-state index in [1.807, 2.05) is 36.2 Å². The van der Waals surface area contributed by atoms with E-state index in [9.17, 15) is 4.39 Å². The lowest BCUT2D eigenvalue weighted by molar-refractivity contribution is 0.627. The molecule has 0 aromatic heterocycles. The van der Waals surface area contributed by atoms with Gasteiger partial charge >= 0.3 is 0 Å². The first-order chi connectivity index (χ1) is 10.0. The molecule has 0 saturated heterocycles. The summed E-state index contributed by atoms with van der Waals surface area (Å²) in [4.78, 5) is 1.91. The Bertz CT molecular complexity index is 615. The van der Waals surface area contributed by atoms with Gasteiger partial charge in [0.05, 0.1) is 10.7 Å². The second kappa shape index (κ2) is 6.92. The average Bonchev–Trinajstić information content (AvgIpc) is 2.46. The normalized spacial score (nSPS) is 12.2. The number of halogens is 2. The van der Waals surface area contributed by atoms with Crippen molar-refractivity contribution in [3.63, 3.8) is 0 Å². The lowest BCUT2D eigenvalue weighted by atomic mass is 10.0. The average molecular weight is 307 g/mol. The summed E-state index contributed by atoms with van der Waals surface area (Å²) in [6.45, 7) is 2.06. The molecule has 112 valence electrons. The van der Waals surface area contributed by atoms with Gasteiger partial charge in [-0.2, -0.15) is 0 Å². The number of rotatable bonds is 5. The van der Waals surface area contributed by atoms with E-state index >= 15 is 0 Å². The molecule has 1 unspecified atom stereocenters. The van der Waals surface area contributed by atoms with Crippen LogP contribution < -0.4 is 10.6 Å². The number of nitrogens with zero attached hydrogens (tertiary/aromatic N) is 1. The number of hydrogen-bond acceptors (Lipinski definition) is 2. The lowest BCUT2D eigenvalue weighted by Gasteiger charge is -2.25. The highest BCUT2D eigenvalue weighted by Gasteiger charge is 2.15. The highest BCUT2D eigenvalue weighted by atomic mass is 35.5. The molecule has 2 aromatic carbocycles. The molecular weight excluding hydrogens is 287 g/mol. The molecule has 2 nitrogen and oxygen atoms in total. The maximum atomic E-state index is 13.4. The fourth-order valence-corrected chi connectivity index (χ4v) is 2.66. The van der Waals surface area contributed by atoms with Gasteiger partial charge in [0.15, 0.2) is 0 Å². The smallest absolute Gasteiger partial charge is 0.125 e. The van der Waals surface area contributed by atoms with Crippen LogP contribution in [-0.4, -0.2) is 13.1 Å². The SMILES string of the molecule is CCC(N)Cc1cccc(Cl)c1N(C)c1cccc(F)c1. The number of benzene rings is 2. The van der Waals surface area contributed by atoms with Gasteiger partial charge in [0.25, 0.3) is 0 Å². The van der Waals surface area contributed by atoms with Crippen LogP contribution in [0.5, 0.6) is 0 Å². The van der Waals surface area contributed by atoms with E-state index in [-0.39, 0.29) is 11.9 Å². The van der Waals surface area contributed by atoms with E-state index in [0.717, 1.165) is 29.8 Å². The second-order valence-electron chi connectivity index (χ2n) is 5.16. The summed E-state index contributed by atoms with van der Waals surface area (Å²) in [6.07, 6.45) is 1.64. The maximum absolute atomic E-state index is 13.4. The third-order valence-corrected chi connectivity index (χ3v) is 3.91. The van der Waals surface area contributed by atoms with Crippen molar-refractivity contribution < 1.29 is 4.39 Å². The number of anilines is 2. The first-order valence-corrected chi connectivity index (χ1v) is 7.43. The summed E-state index contributed by atoms with van der Waals surface area (Å²) >= 11 is 6.36. The van der Waals surface area contributed by atoms with Crippen LogP contribution in [0.25, 0.3) is 0 Å². The fourth-order valence-electron chi connectivity index (χ4n) is 2.34. The molecule has 0 bridgehead atoms. The van der Waals surface area contributed by atoms with Gasteiger partial charge in [-0.1, -0.05) is 36.7 Å². The standard InChI is InChI=1S/C17H20ClFN2/c1-3-14(20)10-12-6-4-9-16(18)17(12)21(2)15-8-5-7-13(19)11-15/h4-9,11,14H,3,10,20H2,1-2H3. The number of para-hydroxylation sites is 1. The van der Waals surface area contributed by atoms with Crippen LogP contribution in [-0.2, 0) is 6.42 Å². The fraction of sp³-hybridized carbons (Fsp3) is 0.294. The van der Waals surface area contributed by atoms with Crippen LogP contribution in [0.15, 0.2) is 42.5 Å². The molecule has 0 aliphatic carbocycles. The molecule has 2 N–H and O–H groups in total. The van der Waals surface area contributed by atoms with E-state index in [2.05, 4.69) is 6.92 Å². The summed E-state index contributed by atoms with van der Waals surface area (Å²) < 4.78 is 13.4. The molecule has 0 amide bonds. The third kappa shape index (κ3) is 3.74. The van der Waals surface area contributed by atoms with Crippen LogP contribution in [0.3, 0.4) is 0 Å². The minimum atomic E-state index is -0.266. The Balaban J connectivity index is 2.42. The van der Waals surface area contributed by atoms with E-state index < -0.39 is 0 Å². The van der Waals surface area contributed by atoms with Gasteiger partial charge in [0.1, 0.15) is 5.82 Å². The van der Waals surface area contributed by atoms with Crippen molar-refractivity contribution >= 4 is 23.0 Å². The minimum absolute atomic E-state index is 0.0862. The Labute approximate surface area is 130 Å². The Morgan fingerprint density at radius 3 is 2.62 bits per heavy atom. The largest absolute Gasteiger partial charge is 0.343 e. The Hall–Kier alpha value is -1.58. The molecule has 0 aliphatic heterocycles. The summed E-state index contributed by atoms with van der Waals surface area (Å²) in [7, 11) is 1.89. The van der Waals surface area contributed by atoms with Gasteiger partial charge in [0, 0.05) is 18.8 Å². The summed E-state index contributed by atoms with van der Waals surface area (Å²) in [5.74, 6) is -0.266. The summed E-state index contributed by atoms with van der Waals surface area (Å²) in [5, 5.41) is 0.641. The van der Waals surface area contributed by atoms with Crippen molar-refractivity contribution in [2.75, 3.05) is 11.9 Å². The van der Waals surface area contributed by atoms with E-state index in [1.165, 1.54) is 12.1 Å². The molecule has 0 spiro atoms. The highest BCUT2D eigenvalue weighted by molar-refractivity contribution is 6.33. The van der Waals surface area contributed by atoms with Crippen LogP contribution in [0, 0.1) is 5.82 Å². The molecule has 0 aliphatic rings. The molecule has 0 saturated carbocycles. The van der Waals surface area contributed by atoms with Crippen LogP contribution >= 0.6 is 11.6 Å². The van der Waals surface area contributed by atoms with Crippen LogP contribution in [0.2, 0.25) is 5.02 Å². The maximum Gasteiger partial charge on any atom is 0.125 e. The lowest BCUT2D eigenvalue weighted by Crippen LogP contribution is -2.23. The first kappa shape index (κ1) is 15.8. The molecule has 0 radical (unpaired) electrons. The number of nitrogens with two attached hydrogens (primary N) is 1. The highest BCUT2D eigenvalue weighted by Crippen LogP contribution is 2.34. The van der Waals surface area contributed by atoms with Crippen molar-refractivity contribution in [1.82, 2.24) is 0 Å². The first-order valence-electron chi connectivity index (χ1n) is 7.05. The molecular formula is C17H20ClFN2. The van der Waals surface area contributed by atoms with Gasteiger partial charge in [-0.05, 0) is 42.7 Å². The Kier molecular flexibility index (Phi) is 5.21. The van der Waals surface area contributed by atoms with Gasteiger partial charge in [-0.25, -0.2) is 4.39 Å². The van der Waals surface area contributed by atoms with Gasteiger partial charge in [-0.15, -0.1) is 0 Å². The Morgan fingerprint density at radius 1 is 1.24 bits per heavy atom. The van der Waals surface area contributed by atoms with Crippen molar-refractivity contribution in [1.29, 1.82) is 0 Å². The predicted octanol–water partition coefficient (Wildman–Crippen LogP) is 4.53. The number of hydrogen-bond donors (Lipinski definition) is 1. The second-order valence-corrected chi connectivity index (χ2v) is 5.57. The molecule has 0 fully saturated rings. The van der Waals surface area contributed by atoms with Gasteiger partial charge in [0.2, 0.25) is 0 Å². The van der Waals surface area contributed by atoms with Crippen molar-refractivity contribution in [3.8, 4) is 0 Å². The zero-order chi connectivity index (χ0) is 15.4. The molecule has 2 rings (SSSR count). The molecule has 21 heavy (non-hydrogen) atoms. The topological polar surface area (TPSA) is 29.3 Å². The monoisotopic (exact) mass is 306 g/mol. The zero-order valence-electron chi connectivity index (χ0n) is 12.3. The van der Waals surface area contributed by atoms with Crippen molar-refractivity contribution in [3.05, 3.63) is 58.9 Å². The van der Waals surface area contributed by atoms with Gasteiger partial charge in [-0.3, -0.25) is 0 Å². The van der Waals surface area contributed by atoms with Crippen LogP contribution in [0.4, 0.5) is 15.8 Å². The summed E-state index contributed by atoms with van der Waals surface area (Å²) in [5.41, 5.74) is 8.78. The van der Waals surface area contributed by atoms with Crippen molar-refractivity contribution in [2.45, 2.75) is 25.8 Å².